The van der Waals surface area contributed by atoms with Crippen LogP contribution >= 0.6 is 0 Å². The van der Waals surface area contributed by atoms with Gasteiger partial charge in [0.2, 0.25) is 0 Å². The normalized spacial score (nSPS) is 9.57. The third-order valence-corrected chi connectivity index (χ3v) is 1.30. The summed E-state index contributed by atoms with van der Waals surface area (Å²) in [6.07, 6.45) is 1.56. The maximum absolute atomic E-state index is 10.2. The number of ether oxygens (including phenoxy) is 1. The molecule has 14 heavy (non-hydrogen) atoms. The first kappa shape index (κ1) is 14.9. The summed E-state index contributed by atoms with van der Waals surface area (Å²) in [5, 5.41) is 8.11. The molecule has 1 N–H and O–H groups in total. The molecule has 0 unspecified atom stereocenters. The maximum atomic E-state index is 10.2. The molecule has 4 nitrogen and oxygen atoms in total. The van der Waals surface area contributed by atoms with Crippen LogP contribution in [0, 0.1) is 0 Å². The lowest BCUT2D eigenvalue weighted by molar-refractivity contribution is -0.136. The molecule has 0 bridgehead atoms. The quantitative estimate of drug-likeness (QED) is 0.545. The Morgan fingerprint density at radius 2 is 1.79 bits per heavy atom. The van der Waals surface area contributed by atoms with Gasteiger partial charge >= 0.3 is 11.9 Å². The molecule has 0 heterocycles. The Hall–Kier alpha value is -1.58. The number of allylic oxidation sites excluding steroid dienone is 1. The van der Waals surface area contributed by atoms with Crippen LogP contribution in [0.1, 0.15) is 20.8 Å². The van der Waals surface area contributed by atoms with E-state index in [4.69, 9.17) is 5.11 Å². The second-order valence-electron chi connectivity index (χ2n) is 2.55. The van der Waals surface area contributed by atoms with Gasteiger partial charge in [-0.25, -0.2) is 9.59 Å². The Bertz CT molecular complexity index is 251. The molecule has 0 aliphatic heterocycles. The summed E-state index contributed by atoms with van der Waals surface area (Å²) in [4.78, 5) is 20.1. The average molecular weight is 200 g/mol. The monoisotopic (exact) mass is 200 g/mol. The number of rotatable bonds is 2. The van der Waals surface area contributed by atoms with E-state index in [1.54, 1.807) is 26.8 Å². The summed E-state index contributed by atoms with van der Waals surface area (Å²) in [5.74, 6) is -1.19. The predicted octanol–water partition coefficient (Wildman–Crippen LogP) is 1.77. The molecule has 0 aromatic heterocycles. The van der Waals surface area contributed by atoms with Crippen molar-refractivity contribution in [2.24, 2.45) is 0 Å². The van der Waals surface area contributed by atoms with E-state index in [2.05, 4.69) is 11.3 Å². The summed E-state index contributed by atoms with van der Waals surface area (Å²) in [7, 11) is 1.33. The molecule has 0 atom stereocenters. The topological polar surface area (TPSA) is 63.6 Å². The van der Waals surface area contributed by atoms with Crippen molar-refractivity contribution in [2.75, 3.05) is 7.11 Å². The van der Waals surface area contributed by atoms with Crippen LogP contribution in [0.3, 0.4) is 0 Å². The van der Waals surface area contributed by atoms with Gasteiger partial charge in [0.15, 0.2) is 0 Å². The van der Waals surface area contributed by atoms with Crippen LogP contribution in [0.25, 0.3) is 0 Å². The number of carbonyl (C=O) groups excluding carboxylic acids is 1. The minimum absolute atomic E-state index is 0.347. The van der Waals surface area contributed by atoms with Gasteiger partial charge in [-0.1, -0.05) is 12.7 Å². The first-order chi connectivity index (χ1) is 6.36. The fourth-order valence-electron chi connectivity index (χ4n) is 0.298. The van der Waals surface area contributed by atoms with Gasteiger partial charge in [0.25, 0.3) is 0 Å². The van der Waals surface area contributed by atoms with Gasteiger partial charge < -0.3 is 9.84 Å². The Balaban J connectivity index is 0. The van der Waals surface area contributed by atoms with Crippen LogP contribution in [0.5, 0.6) is 0 Å². The van der Waals surface area contributed by atoms with Crippen molar-refractivity contribution in [1.82, 2.24) is 0 Å². The number of methoxy groups -OCH3 is 1. The molecule has 0 aromatic rings. The van der Waals surface area contributed by atoms with Gasteiger partial charge in [0, 0.05) is 11.1 Å². The fourth-order valence-corrected chi connectivity index (χ4v) is 0.298. The lowest BCUT2D eigenvalue weighted by atomic mass is 10.3. The van der Waals surface area contributed by atoms with Gasteiger partial charge in [-0.15, -0.1) is 0 Å². The average Bonchev–Trinajstić information content (AvgIpc) is 2.15. The van der Waals surface area contributed by atoms with Crippen LogP contribution in [0.4, 0.5) is 0 Å². The molecule has 0 aliphatic rings. The smallest absolute Gasteiger partial charge is 0.332 e. The van der Waals surface area contributed by atoms with Crippen LogP contribution in [0.2, 0.25) is 0 Å². The van der Waals surface area contributed by atoms with Crippen molar-refractivity contribution < 1.29 is 19.4 Å². The summed E-state index contributed by atoms with van der Waals surface area (Å²) in [6, 6.07) is 0. The van der Waals surface area contributed by atoms with E-state index in [1.165, 1.54) is 7.11 Å². The number of carbonyl (C=O) groups is 2. The zero-order valence-corrected chi connectivity index (χ0v) is 8.96. The highest BCUT2D eigenvalue weighted by Gasteiger charge is 1.95. The zero-order valence-electron chi connectivity index (χ0n) is 8.96. The first-order valence-corrected chi connectivity index (χ1v) is 3.96. The van der Waals surface area contributed by atoms with E-state index in [-0.39, 0.29) is 5.97 Å². The van der Waals surface area contributed by atoms with Crippen molar-refractivity contribution in [3.05, 3.63) is 23.8 Å². The van der Waals surface area contributed by atoms with Crippen molar-refractivity contribution >= 4 is 11.9 Å². The fraction of sp³-hybridized carbons (Fsp3) is 0.400. The van der Waals surface area contributed by atoms with Crippen LogP contribution < -0.4 is 0 Å². The summed E-state index contributed by atoms with van der Waals surface area (Å²) >= 11 is 0. The minimum atomic E-state index is -0.845. The molecule has 0 saturated carbocycles. The summed E-state index contributed by atoms with van der Waals surface area (Å²) in [6.45, 7) is 8.21. The van der Waals surface area contributed by atoms with Crippen molar-refractivity contribution in [3.63, 3.8) is 0 Å². The minimum Gasteiger partial charge on any atom is -0.478 e. The maximum Gasteiger partial charge on any atom is 0.332 e. The van der Waals surface area contributed by atoms with E-state index < -0.39 is 5.97 Å². The van der Waals surface area contributed by atoms with Crippen molar-refractivity contribution in [3.8, 4) is 0 Å². The Kier molecular flexibility index (Phi) is 8.57. The summed E-state index contributed by atoms with van der Waals surface area (Å²) < 4.78 is 4.27. The number of aliphatic carboxylic acids is 1. The molecule has 0 radical (unpaired) electrons. The molecule has 0 fully saturated rings. The van der Waals surface area contributed by atoms with E-state index in [0.29, 0.717) is 11.1 Å². The van der Waals surface area contributed by atoms with E-state index in [9.17, 15) is 9.59 Å². The third-order valence-electron chi connectivity index (χ3n) is 1.30. The summed E-state index contributed by atoms with van der Waals surface area (Å²) in [5.41, 5.74) is 0.822. The lowest BCUT2D eigenvalue weighted by Crippen LogP contribution is -1.98. The van der Waals surface area contributed by atoms with E-state index in [0.717, 1.165) is 0 Å². The highest BCUT2D eigenvalue weighted by molar-refractivity contribution is 5.86. The molecule has 0 aliphatic carbocycles. The molecule has 0 saturated heterocycles. The lowest BCUT2D eigenvalue weighted by Gasteiger charge is -1.91. The van der Waals surface area contributed by atoms with Gasteiger partial charge in [-0.2, -0.15) is 0 Å². The molecule has 0 amide bonds. The van der Waals surface area contributed by atoms with Gasteiger partial charge in [0.05, 0.1) is 7.11 Å². The van der Waals surface area contributed by atoms with Crippen LogP contribution in [-0.2, 0) is 14.3 Å². The van der Waals surface area contributed by atoms with Crippen LogP contribution in [-0.4, -0.2) is 24.2 Å². The standard InChI is InChI=1S/2C5H8O2/c1-4(2)5(6)7-3;1-3-4(2)5(6)7/h1H2,2-3H3;3H,1-2H3,(H,6,7)/b;4-3+. The molecular weight excluding hydrogens is 184 g/mol. The largest absolute Gasteiger partial charge is 0.478 e. The Morgan fingerprint density at radius 3 is 1.79 bits per heavy atom. The molecule has 4 heteroatoms. The highest BCUT2D eigenvalue weighted by Crippen LogP contribution is 1.88. The highest BCUT2D eigenvalue weighted by atomic mass is 16.5. The van der Waals surface area contributed by atoms with E-state index in [1.807, 2.05) is 0 Å². The molecule has 80 valence electrons. The Labute approximate surface area is 83.9 Å². The van der Waals surface area contributed by atoms with Crippen molar-refractivity contribution in [1.29, 1.82) is 0 Å². The first-order valence-electron chi connectivity index (χ1n) is 3.96. The molecule has 0 rings (SSSR count). The number of carboxylic acids is 1. The molecule has 0 aromatic carbocycles. The number of esters is 1. The van der Waals surface area contributed by atoms with Gasteiger partial charge in [-0.3, -0.25) is 0 Å². The van der Waals surface area contributed by atoms with Crippen molar-refractivity contribution in [2.45, 2.75) is 20.8 Å². The van der Waals surface area contributed by atoms with Gasteiger partial charge in [0.1, 0.15) is 0 Å². The molecular formula is C10H16O4. The molecule has 0 spiro atoms. The third kappa shape index (κ3) is 8.52. The zero-order chi connectivity index (χ0) is 11.7. The number of hydrogen-bond donors (Lipinski definition) is 1. The SMILES string of the molecule is C/C=C(\C)C(=O)O.C=C(C)C(=O)OC. The second kappa shape index (κ2) is 8.04. The Morgan fingerprint density at radius 1 is 1.36 bits per heavy atom. The van der Waals surface area contributed by atoms with Crippen LogP contribution in [0.15, 0.2) is 23.8 Å². The second-order valence-corrected chi connectivity index (χ2v) is 2.55. The number of carboxylic acid groups (broad SMARTS) is 1. The number of hydrogen-bond acceptors (Lipinski definition) is 3. The van der Waals surface area contributed by atoms with E-state index >= 15 is 0 Å². The predicted molar refractivity (Wildman–Crippen MR) is 53.9 cm³/mol. The van der Waals surface area contributed by atoms with Gasteiger partial charge in [-0.05, 0) is 20.8 Å².